The Hall–Kier alpha value is -2.39. The molecule has 0 spiro atoms. The fourth-order valence-electron chi connectivity index (χ4n) is 1.83. The van der Waals surface area contributed by atoms with Crippen LogP contribution >= 0.6 is 0 Å². The zero-order valence-electron chi connectivity index (χ0n) is 11.2. The van der Waals surface area contributed by atoms with Gasteiger partial charge >= 0.3 is 0 Å². The van der Waals surface area contributed by atoms with Gasteiger partial charge in [-0.25, -0.2) is 4.98 Å². The summed E-state index contributed by atoms with van der Waals surface area (Å²) in [6.45, 7) is 1.76. The number of benzene rings is 1. The van der Waals surface area contributed by atoms with Crippen molar-refractivity contribution in [3.8, 4) is 11.8 Å². The van der Waals surface area contributed by atoms with Crippen LogP contribution in [0.1, 0.15) is 17.8 Å². The van der Waals surface area contributed by atoms with Crippen LogP contribution in [0.25, 0.3) is 0 Å². The van der Waals surface area contributed by atoms with E-state index in [9.17, 15) is 0 Å². The molecule has 1 heterocycles. The summed E-state index contributed by atoms with van der Waals surface area (Å²) >= 11 is 0. The van der Waals surface area contributed by atoms with E-state index in [0.717, 1.165) is 43.1 Å². The van der Waals surface area contributed by atoms with Crippen LogP contribution in [0.15, 0.2) is 30.6 Å². The molecule has 1 aromatic carbocycles. The van der Waals surface area contributed by atoms with Gasteiger partial charge in [0.2, 0.25) is 0 Å². The predicted octanol–water partition coefficient (Wildman–Crippen LogP) is 1.43. The van der Waals surface area contributed by atoms with E-state index in [-0.39, 0.29) is 6.61 Å². The van der Waals surface area contributed by atoms with Crippen molar-refractivity contribution in [1.82, 2.24) is 20.5 Å². The molecular weight excluding hydrogens is 254 g/mol. The Morgan fingerprint density at radius 1 is 1.40 bits per heavy atom. The van der Waals surface area contributed by atoms with Crippen LogP contribution in [0.2, 0.25) is 0 Å². The number of hydrogen-bond acceptors (Lipinski definition) is 5. The first-order valence-corrected chi connectivity index (χ1v) is 6.52. The summed E-state index contributed by atoms with van der Waals surface area (Å²) < 4.78 is 5.26. The first kappa shape index (κ1) is 14.0. The van der Waals surface area contributed by atoms with E-state index < -0.39 is 0 Å². The molecule has 0 saturated carbocycles. The molecule has 1 aromatic heterocycles. The molecule has 0 aliphatic rings. The van der Waals surface area contributed by atoms with Crippen LogP contribution in [0.3, 0.4) is 0 Å². The lowest BCUT2D eigenvalue weighted by atomic mass is 10.2. The Labute approximate surface area is 117 Å². The Kier molecular flexibility index (Phi) is 5.55. The maximum absolute atomic E-state index is 8.48. The molecule has 6 heteroatoms. The van der Waals surface area contributed by atoms with Gasteiger partial charge in [0.1, 0.15) is 24.0 Å². The topological polar surface area (TPSA) is 86.6 Å². The third kappa shape index (κ3) is 4.71. The average Bonchev–Trinajstić information content (AvgIpc) is 2.98. The molecule has 0 aliphatic carbocycles. The van der Waals surface area contributed by atoms with E-state index in [1.807, 2.05) is 30.3 Å². The fourth-order valence-corrected chi connectivity index (χ4v) is 1.83. The highest BCUT2D eigenvalue weighted by molar-refractivity contribution is 5.28. The number of nitrogens with zero attached hydrogens (tertiary/aromatic N) is 3. The molecule has 0 atom stereocenters. The number of H-pyrrole nitrogens is 1. The van der Waals surface area contributed by atoms with Gasteiger partial charge in [-0.05, 0) is 30.7 Å². The minimum atomic E-state index is 0.0774. The number of nitriles is 1. The number of aromatic amines is 1. The van der Waals surface area contributed by atoms with Gasteiger partial charge in [0, 0.05) is 13.0 Å². The fraction of sp³-hybridized carbons (Fsp3) is 0.357. The van der Waals surface area contributed by atoms with Gasteiger partial charge < -0.3 is 10.1 Å². The second kappa shape index (κ2) is 7.92. The van der Waals surface area contributed by atoms with Crippen molar-refractivity contribution in [2.45, 2.75) is 19.4 Å². The van der Waals surface area contributed by atoms with E-state index in [2.05, 4.69) is 20.5 Å². The summed E-state index contributed by atoms with van der Waals surface area (Å²) in [6.07, 6.45) is 3.41. The van der Waals surface area contributed by atoms with Gasteiger partial charge in [-0.2, -0.15) is 10.4 Å². The molecule has 2 N–H and O–H groups in total. The van der Waals surface area contributed by atoms with Gasteiger partial charge in [-0.15, -0.1) is 0 Å². The molecule has 6 nitrogen and oxygen atoms in total. The van der Waals surface area contributed by atoms with Crippen LogP contribution in [0.4, 0.5) is 0 Å². The van der Waals surface area contributed by atoms with Gasteiger partial charge in [0.25, 0.3) is 0 Å². The molecule has 0 fully saturated rings. The van der Waals surface area contributed by atoms with Crippen molar-refractivity contribution in [2.24, 2.45) is 0 Å². The third-order valence-corrected chi connectivity index (χ3v) is 2.76. The van der Waals surface area contributed by atoms with Gasteiger partial charge in [-0.1, -0.05) is 12.1 Å². The molecule has 0 radical (unpaired) electrons. The van der Waals surface area contributed by atoms with E-state index >= 15 is 0 Å². The number of aromatic nitrogens is 3. The first-order chi connectivity index (χ1) is 9.88. The van der Waals surface area contributed by atoms with Crippen molar-refractivity contribution in [1.29, 1.82) is 5.26 Å². The van der Waals surface area contributed by atoms with E-state index in [4.69, 9.17) is 10.00 Å². The molecular formula is C14H17N5O. The molecule has 0 unspecified atom stereocenters. The lowest BCUT2D eigenvalue weighted by Gasteiger charge is -2.06. The molecule has 0 saturated heterocycles. The van der Waals surface area contributed by atoms with Crippen molar-refractivity contribution in [2.75, 3.05) is 13.2 Å². The number of ether oxygens (including phenoxy) is 1. The van der Waals surface area contributed by atoms with Crippen LogP contribution < -0.4 is 10.1 Å². The second-order valence-corrected chi connectivity index (χ2v) is 4.31. The second-order valence-electron chi connectivity index (χ2n) is 4.31. The molecule has 0 bridgehead atoms. The highest BCUT2D eigenvalue weighted by Crippen LogP contribution is 2.12. The normalized spacial score (nSPS) is 10.2. The maximum atomic E-state index is 8.48. The van der Waals surface area contributed by atoms with Gasteiger partial charge in [0.05, 0.1) is 0 Å². The van der Waals surface area contributed by atoms with Crippen molar-refractivity contribution in [3.63, 3.8) is 0 Å². The first-order valence-electron chi connectivity index (χ1n) is 6.52. The summed E-state index contributed by atoms with van der Waals surface area (Å²) in [7, 11) is 0. The molecule has 20 heavy (non-hydrogen) atoms. The third-order valence-electron chi connectivity index (χ3n) is 2.76. The standard InChI is InChI=1S/C14H17N5O/c15-6-8-20-13-4-1-3-12(9-13)10-16-7-2-5-14-17-11-18-19-14/h1,3-4,9,11,16H,2,5,7-8,10H2,(H,17,18,19). The minimum absolute atomic E-state index is 0.0774. The quantitative estimate of drug-likeness (QED) is 0.709. The van der Waals surface area contributed by atoms with Crippen LogP contribution in [-0.4, -0.2) is 28.3 Å². The summed E-state index contributed by atoms with van der Waals surface area (Å²) in [6, 6.07) is 9.71. The molecule has 0 amide bonds. The maximum Gasteiger partial charge on any atom is 0.174 e. The lowest BCUT2D eigenvalue weighted by Crippen LogP contribution is -2.15. The monoisotopic (exact) mass is 271 g/mol. The van der Waals surface area contributed by atoms with Gasteiger partial charge in [-0.3, -0.25) is 5.10 Å². The van der Waals surface area contributed by atoms with Crippen LogP contribution in [-0.2, 0) is 13.0 Å². The van der Waals surface area contributed by atoms with Crippen molar-refractivity contribution >= 4 is 0 Å². The Bertz CT molecular complexity index is 547. The van der Waals surface area contributed by atoms with Gasteiger partial charge in [0.15, 0.2) is 6.61 Å². The number of nitrogens with one attached hydrogen (secondary N) is 2. The largest absolute Gasteiger partial charge is 0.479 e. The number of aryl methyl sites for hydroxylation is 1. The van der Waals surface area contributed by atoms with Crippen LogP contribution in [0.5, 0.6) is 5.75 Å². The number of rotatable bonds is 8. The Balaban J connectivity index is 1.67. The highest BCUT2D eigenvalue weighted by Gasteiger charge is 1.98. The molecule has 2 aromatic rings. The molecule has 0 aliphatic heterocycles. The molecule has 104 valence electrons. The lowest BCUT2D eigenvalue weighted by molar-refractivity contribution is 0.367. The average molecular weight is 271 g/mol. The zero-order chi connectivity index (χ0) is 14.0. The SMILES string of the molecule is N#CCOc1cccc(CNCCCc2ncn[nH]2)c1. The van der Waals surface area contributed by atoms with Crippen molar-refractivity contribution < 1.29 is 4.74 Å². The van der Waals surface area contributed by atoms with E-state index in [0.29, 0.717) is 0 Å². The smallest absolute Gasteiger partial charge is 0.174 e. The number of hydrogen-bond donors (Lipinski definition) is 2. The van der Waals surface area contributed by atoms with E-state index in [1.165, 1.54) is 6.33 Å². The Morgan fingerprint density at radius 3 is 3.15 bits per heavy atom. The zero-order valence-corrected chi connectivity index (χ0v) is 11.2. The molecule has 2 rings (SSSR count). The van der Waals surface area contributed by atoms with Crippen LogP contribution in [0, 0.1) is 11.3 Å². The summed E-state index contributed by atoms with van der Waals surface area (Å²) in [4.78, 5) is 4.07. The summed E-state index contributed by atoms with van der Waals surface area (Å²) in [5, 5.41) is 18.5. The van der Waals surface area contributed by atoms with E-state index in [1.54, 1.807) is 0 Å². The minimum Gasteiger partial charge on any atom is -0.479 e. The Morgan fingerprint density at radius 2 is 2.35 bits per heavy atom. The summed E-state index contributed by atoms with van der Waals surface area (Å²) in [5.41, 5.74) is 1.14. The summed E-state index contributed by atoms with van der Waals surface area (Å²) in [5.74, 6) is 1.64. The predicted molar refractivity (Wildman–Crippen MR) is 74.0 cm³/mol. The highest BCUT2D eigenvalue weighted by atomic mass is 16.5. The van der Waals surface area contributed by atoms with Crippen molar-refractivity contribution in [3.05, 3.63) is 42.0 Å².